The SMILES string of the molecule is CN(C)c1nc(CCc2ccc(NC(=O)c3ccc(C(F)(F)F)cc3)cc2)ncc1CC(=O)O. The Bertz CT molecular complexity index is 1160. The number of aliphatic carboxylic acids is 1. The molecule has 0 saturated heterocycles. The number of carbonyl (C=O) groups excluding carboxylic acids is 1. The number of anilines is 2. The summed E-state index contributed by atoms with van der Waals surface area (Å²) >= 11 is 0. The summed E-state index contributed by atoms with van der Waals surface area (Å²) in [5.74, 6) is -0.316. The van der Waals surface area contributed by atoms with Crippen LogP contribution in [0.25, 0.3) is 0 Å². The van der Waals surface area contributed by atoms with Crippen molar-refractivity contribution >= 4 is 23.4 Å². The number of hydrogen-bond acceptors (Lipinski definition) is 5. The van der Waals surface area contributed by atoms with Crippen LogP contribution < -0.4 is 10.2 Å². The molecule has 0 unspecified atom stereocenters. The molecule has 7 nitrogen and oxygen atoms in total. The van der Waals surface area contributed by atoms with Crippen molar-refractivity contribution < 1.29 is 27.9 Å². The number of aryl methyl sites for hydroxylation is 2. The number of carbonyl (C=O) groups is 2. The molecule has 0 atom stereocenters. The van der Waals surface area contributed by atoms with Crippen molar-refractivity contribution in [2.45, 2.75) is 25.4 Å². The highest BCUT2D eigenvalue weighted by molar-refractivity contribution is 6.04. The van der Waals surface area contributed by atoms with E-state index in [2.05, 4.69) is 15.3 Å². The lowest BCUT2D eigenvalue weighted by Gasteiger charge is -2.16. The summed E-state index contributed by atoms with van der Waals surface area (Å²) in [6.07, 6.45) is -1.92. The Labute approximate surface area is 194 Å². The lowest BCUT2D eigenvalue weighted by atomic mass is 10.1. The third-order valence-corrected chi connectivity index (χ3v) is 4.98. The molecule has 10 heteroatoms. The Hall–Kier alpha value is -3.95. The van der Waals surface area contributed by atoms with Gasteiger partial charge in [-0.3, -0.25) is 9.59 Å². The summed E-state index contributed by atoms with van der Waals surface area (Å²) in [6.45, 7) is 0. The number of halogens is 3. The number of amides is 1. The highest BCUT2D eigenvalue weighted by atomic mass is 19.4. The molecular formula is C24H23F3N4O3. The number of nitrogens with one attached hydrogen (secondary N) is 1. The normalized spacial score (nSPS) is 11.2. The fourth-order valence-electron chi connectivity index (χ4n) is 3.25. The van der Waals surface area contributed by atoms with Crippen LogP contribution in [0.5, 0.6) is 0 Å². The highest BCUT2D eigenvalue weighted by Gasteiger charge is 2.30. The van der Waals surface area contributed by atoms with Crippen LogP contribution in [-0.2, 0) is 30.2 Å². The predicted molar refractivity (Wildman–Crippen MR) is 121 cm³/mol. The van der Waals surface area contributed by atoms with E-state index in [1.54, 1.807) is 31.1 Å². The first kappa shape index (κ1) is 24.7. The zero-order chi connectivity index (χ0) is 24.9. The highest BCUT2D eigenvalue weighted by Crippen LogP contribution is 2.29. The van der Waals surface area contributed by atoms with Crippen LogP contribution in [-0.4, -0.2) is 41.0 Å². The minimum absolute atomic E-state index is 0.122. The molecule has 0 aliphatic heterocycles. The summed E-state index contributed by atoms with van der Waals surface area (Å²) in [5, 5.41) is 11.7. The van der Waals surface area contributed by atoms with Gasteiger partial charge < -0.3 is 15.3 Å². The average molecular weight is 472 g/mol. The molecule has 0 aliphatic rings. The molecule has 1 aromatic heterocycles. The van der Waals surface area contributed by atoms with Crippen LogP contribution in [0.2, 0.25) is 0 Å². The van der Waals surface area contributed by atoms with E-state index in [0.717, 1.165) is 29.8 Å². The summed E-state index contributed by atoms with van der Waals surface area (Å²) in [6, 6.07) is 11.1. The Morgan fingerprint density at radius 2 is 1.65 bits per heavy atom. The second-order valence-corrected chi connectivity index (χ2v) is 7.83. The van der Waals surface area contributed by atoms with Gasteiger partial charge in [-0.15, -0.1) is 0 Å². The van der Waals surface area contributed by atoms with Crippen LogP contribution >= 0.6 is 0 Å². The lowest BCUT2D eigenvalue weighted by molar-refractivity contribution is -0.138. The van der Waals surface area contributed by atoms with Crippen LogP contribution in [0.1, 0.15) is 32.9 Å². The van der Waals surface area contributed by atoms with Crippen molar-refractivity contribution in [1.29, 1.82) is 0 Å². The number of benzene rings is 2. The van der Waals surface area contributed by atoms with E-state index in [0.29, 0.717) is 35.7 Å². The zero-order valence-electron chi connectivity index (χ0n) is 18.6. The molecule has 1 heterocycles. The molecule has 34 heavy (non-hydrogen) atoms. The van der Waals surface area contributed by atoms with Crippen molar-refractivity contribution in [3.8, 4) is 0 Å². The zero-order valence-corrected chi connectivity index (χ0v) is 18.6. The van der Waals surface area contributed by atoms with E-state index in [9.17, 15) is 22.8 Å². The van der Waals surface area contributed by atoms with Crippen LogP contribution in [0, 0.1) is 0 Å². The molecule has 0 bridgehead atoms. The topological polar surface area (TPSA) is 95.4 Å². The van der Waals surface area contributed by atoms with E-state index in [1.807, 2.05) is 12.1 Å². The third-order valence-electron chi connectivity index (χ3n) is 4.98. The fraction of sp³-hybridized carbons (Fsp3) is 0.250. The maximum Gasteiger partial charge on any atom is 0.416 e. The smallest absolute Gasteiger partial charge is 0.416 e. The first-order chi connectivity index (χ1) is 16.0. The second-order valence-electron chi connectivity index (χ2n) is 7.83. The van der Waals surface area contributed by atoms with E-state index in [-0.39, 0.29) is 12.0 Å². The lowest BCUT2D eigenvalue weighted by Crippen LogP contribution is -2.17. The first-order valence-electron chi connectivity index (χ1n) is 10.3. The van der Waals surface area contributed by atoms with Gasteiger partial charge in [0.05, 0.1) is 12.0 Å². The monoisotopic (exact) mass is 472 g/mol. The van der Waals surface area contributed by atoms with Crippen LogP contribution in [0.15, 0.2) is 54.7 Å². The van der Waals surface area contributed by atoms with E-state index in [1.165, 1.54) is 6.20 Å². The molecule has 0 saturated carbocycles. The number of carboxylic acids is 1. The maximum absolute atomic E-state index is 12.7. The number of aromatic nitrogens is 2. The molecule has 178 valence electrons. The van der Waals surface area contributed by atoms with Gasteiger partial charge in [0, 0.05) is 43.5 Å². The van der Waals surface area contributed by atoms with Gasteiger partial charge in [0.25, 0.3) is 5.91 Å². The minimum atomic E-state index is -4.45. The van der Waals surface area contributed by atoms with Gasteiger partial charge in [0.1, 0.15) is 11.6 Å². The van der Waals surface area contributed by atoms with E-state index >= 15 is 0 Å². The van der Waals surface area contributed by atoms with Crippen molar-refractivity contribution in [1.82, 2.24) is 9.97 Å². The van der Waals surface area contributed by atoms with Crippen molar-refractivity contribution in [3.05, 3.63) is 82.8 Å². The molecule has 3 rings (SSSR count). The van der Waals surface area contributed by atoms with Crippen molar-refractivity contribution in [3.63, 3.8) is 0 Å². The predicted octanol–water partition coefficient (Wildman–Crippen LogP) is 4.23. The fourth-order valence-corrected chi connectivity index (χ4v) is 3.25. The Balaban J connectivity index is 1.60. The number of nitrogens with zero attached hydrogens (tertiary/aromatic N) is 3. The Kier molecular flexibility index (Phi) is 7.50. The van der Waals surface area contributed by atoms with E-state index < -0.39 is 23.6 Å². The number of rotatable bonds is 8. The molecule has 0 fully saturated rings. The van der Waals surface area contributed by atoms with Crippen molar-refractivity contribution in [2.24, 2.45) is 0 Å². The van der Waals surface area contributed by atoms with Crippen molar-refractivity contribution in [2.75, 3.05) is 24.3 Å². The summed E-state index contributed by atoms with van der Waals surface area (Å²) < 4.78 is 38.0. The minimum Gasteiger partial charge on any atom is -0.481 e. The van der Waals surface area contributed by atoms with Crippen LogP contribution in [0.3, 0.4) is 0 Å². The molecule has 2 N–H and O–H groups in total. The van der Waals surface area contributed by atoms with Gasteiger partial charge in [-0.1, -0.05) is 12.1 Å². The summed E-state index contributed by atoms with van der Waals surface area (Å²) in [5.41, 5.74) is 1.33. The molecule has 2 aromatic carbocycles. The second kappa shape index (κ2) is 10.3. The molecule has 1 amide bonds. The van der Waals surface area contributed by atoms with Gasteiger partial charge in [-0.25, -0.2) is 9.97 Å². The Morgan fingerprint density at radius 1 is 1.00 bits per heavy atom. The van der Waals surface area contributed by atoms with Gasteiger partial charge in [0.15, 0.2) is 0 Å². The molecule has 0 aliphatic carbocycles. The average Bonchev–Trinajstić information content (AvgIpc) is 2.78. The number of alkyl halides is 3. The number of carboxylic acid groups (broad SMARTS) is 1. The summed E-state index contributed by atoms with van der Waals surface area (Å²) in [4.78, 5) is 33.8. The molecular weight excluding hydrogens is 449 g/mol. The summed E-state index contributed by atoms with van der Waals surface area (Å²) in [7, 11) is 3.57. The molecule has 0 radical (unpaired) electrons. The number of hydrogen-bond donors (Lipinski definition) is 2. The van der Waals surface area contributed by atoms with E-state index in [4.69, 9.17) is 5.11 Å². The van der Waals surface area contributed by atoms with Gasteiger partial charge >= 0.3 is 12.1 Å². The standard InChI is InChI=1S/C24H23F3N4O3/c1-31(2)22-17(13-21(32)33)14-28-20(30-22)12-5-15-3-10-19(11-4-15)29-23(34)16-6-8-18(9-7-16)24(25,26)27/h3-4,6-11,14H,5,12-13H2,1-2H3,(H,29,34)(H,32,33). The van der Waals surface area contributed by atoms with Gasteiger partial charge in [-0.05, 0) is 48.4 Å². The third kappa shape index (κ3) is 6.53. The van der Waals surface area contributed by atoms with Gasteiger partial charge in [-0.2, -0.15) is 13.2 Å². The molecule has 3 aromatic rings. The molecule has 0 spiro atoms. The maximum atomic E-state index is 12.7. The quantitative estimate of drug-likeness (QED) is 0.510. The van der Waals surface area contributed by atoms with Crippen LogP contribution in [0.4, 0.5) is 24.7 Å². The Morgan fingerprint density at radius 3 is 2.21 bits per heavy atom. The largest absolute Gasteiger partial charge is 0.481 e. The first-order valence-corrected chi connectivity index (χ1v) is 10.3. The van der Waals surface area contributed by atoms with Gasteiger partial charge in [0.2, 0.25) is 0 Å².